The van der Waals surface area contributed by atoms with Gasteiger partial charge in [0.25, 0.3) is 0 Å². The van der Waals surface area contributed by atoms with Gasteiger partial charge in [-0.25, -0.2) is 4.98 Å². The number of imidazole rings is 1. The molecule has 1 aliphatic heterocycles. The fourth-order valence-corrected chi connectivity index (χ4v) is 5.61. The van der Waals surface area contributed by atoms with Crippen LogP contribution in [-0.4, -0.2) is 58.3 Å². The van der Waals surface area contributed by atoms with E-state index in [9.17, 15) is 0 Å². The third-order valence-electron chi connectivity index (χ3n) is 6.66. The summed E-state index contributed by atoms with van der Waals surface area (Å²) in [6.45, 7) is 6.59. The van der Waals surface area contributed by atoms with Gasteiger partial charge in [-0.2, -0.15) is 0 Å². The molecule has 33 heavy (non-hydrogen) atoms. The van der Waals surface area contributed by atoms with Crippen molar-refractivity contribution in [3.8, 4) is 0 Å². The van der Waals surface area contributed by atoms with E-state index in [0.29, 0.717) is 6.04 Å². The van der Waals surface area contributed by atoms with Gasteiger partial charge in [-0.1, -0.05) is 84.6 Å². The van der Waals surface area contributed by atoms with Gasteiger partial charge in [0.2, 0.25) is 0 Å². The largest absolute Gasteiger partial charge is 0.319 e. The molecule has 0 atom stereocenters. The number of aromatic nitrogens is 2. The Morgan fingerprint density at radius 2 is 1.36 bits per heavy atom. The number of rotatable bonds is 8. The summed E-state index contributed by atoms with van der Waals surface area (Å²) in [4.78, 5) is 10.1. The molecule has 0 unspecified atom stereocenters. The maximum absolute atomic E-state index is 4.79. The first-order chi connectivity index (χ1) is 16.3. The molecule has 1 aliphatic rings. The van der Waals surface area contributed by atoms with Crippen LogP contribution in [-0.2, 0) is 6.54 Å². The lowest BCUT2D eigenvalue weighted by Gasteiger charge is -2.40. The molecule has 0 aliphatic carbocycles. The van der Waals surface area contributed by atoms with E-state index in [0.717, 1.165) is 56.4 Å². The van der Waals surface area contributed by atoms with E-state index in [1.165, 1.54) is 16.6 Å². The second-order valence-corrected chi connectivity index (χ2v) is 9.47. The molecule has 4 aromatic rings. The number of nitrogens with zero attached hydrogens (tertiary/aromatic N) is 4. The number of piperazine rings is 1. The van der Waals surface area contributed by atoms with Gasteiger partial charge in [-0.05, 0) is 42.5 Å². The van der Waals surface area contributed by atoms with Gasteiger partial charge in [-0.3, -0.25) is 4.90 Å². The standard InChI is InChI=1S/C28H32N4S/c1-33-28-29-25-15-8-9-16-26(25)32(28)18-10-17-30-19-21-31(22-20-30)27(23-11-4-2-5-12-23)24-13-6-3-7-14-24/h2-9,11-16,27H,10,17-22H2,1H3. The topological polar surface area (TPSA) is 24.3 Å². The molecule has 170 valence electrons. The quantitative estimate of drug-likeness (QED) is 0.324. The van der Waals surface area contributed by atoms with Crippen molar-refractivity contribution in [2.24, 2.45) is 0 Å². The van der Waals surface area contributed by atoms with Crippen molar-refractivity contribution in [2.45, 2.75) is 24.2 Å². The van der Waals surface area contributed by atoms with E-state index in [1.807, 2.05) is 0 Å². The van der Waals surface area contributed by atoms with Gasteiger partial charge in [0.15, 0.2) is 5.16 Å². The molecule has 4 nitrogen and oxygen atoms in total. The number of hydrogen-bond acceptors (Lipinski definition) is 4. The molecule has 0 N–H and O–H groups in total. The van der Waals surface area contributed by atoms with Gasteiger partial charge in [0.05, 0.1) is 17.1 Å². The molecular weight excluding hydrogens is 424 g/mol. The average Bonchev–Trinajstić information content (AvgIpc) is 3.24. The minimum absolute atomic E-state index is 0.330. The molecule has 0 radical (unpaired) electrons. The van der Waals surface area contributed by atoms with Gasteiger partial charge in [0, 0.05) is 32.7 Å². The molecule has 1 aromatic heterocycles. The molecule has 3 aromatic carbocycles. The number of benzene rings is 3. The van der Waals surface area contributed by atoms with Crippen LogP contribution >= 0.6 is 11.8 Å². The summed E-state index contributed by atoms with van der Waals surface area (Å²) in [6, 6.07) is 30.7. The second kappa shape index (κ2) is 10.6. The highest BCUT2D eigenvalue weighted by Crippen LogP contribution is 2.29. The molecule has 1 saturated heterocycles. The van der Waals surface area contributed by atoms with Gasteiger partial charge >= 0.3 is 0 Å². The van der Waals surface area contributed by atoms with Crippen LogP contribution in [0, 0.1) is 0 Å². The van der Waals surface area contributed by atoms with Crippen LogP contribution in [0.4, 0.5) is 0 Å². The Morgan fingerprint density at radius 1 is 0.758 bits per heavy atom. The van der Waals surface area contributed by atoms with E-state index in [2.05, 4.69) is 106 Å². The zero-order valence-electron chi connectivity index (χ0n) is 19.3. The normalized spacial score (nSPS) is 15.5. The fraction of sp³-hybridized carbons (Fsp3) is 0.321. The van der Waals surface area contributed by atoms with Crippen LogP contribution in [0.25, 0.3) is 11.0 Å². The van der Waals surface area contributed by atoms with E-state index in [4.69, 9.17) is 4.98 Å². The molecule has 5 rings (SSSR count). The maximum atomic E-state index is 4.79. The van der Waals surface area contributed by atoms with Crippen LogP contribution < -0.4 is 0 Å². The zero-order valence-corrected chi connectivity index (χ0v) is 20.1. The molecule has 0 bridgehead atoms. The van der Waals surface area contributed by atoms with E-state index >= 15 is 0 Å². The van der Waals surface area contributed by atoms with E-state index in [-0.39, 0.29) is 0 Å². The van der Waals surface area contributed by atoms with E-state index < -0.39 is 0 Å². The molecule has 2 heterocycles. The minimum atomic E-state index is 0.330. The van der Waals surface area contributed by atoms with Crippen LogP contribution in [0.3, 0.4) is 0 Å². The summed E-state index contributed by atoms with van der Waals surface area (Å²) in [5.74, 6) is 0. The Kier molecular flexibility index (Phi) is 7.10. The maximum Gasteiger partial charge on any atom is 0.168 e. The number of fused-ring (bicyclic) bond motifs is 1. The average molecular weight is 457 g/mol. The SMILES string of the molecule is CSc1nc2ccccc2n1CCCN1CCN(C(c2ccccc2)c2ccccc2)CC1. The van der Waals surface area contributed by atoms with Crippen LogP contribution in [0.15, 0.2) is 90.1 Å². The molecule has 5 heteroatoms. The lowest BCUT2D eigenvalue weighted by atomic mass is 9.96. The van der Waals surface area contributed by atoms with Gasteiger partial charge < -0.3 is 9.47 Å². The van der Waals surface area contributed by atoms with Crippen LogP contribution in [0.2, 0.25) is 0 Å². The number of para-hydroxylation sites is 2. The third kappa shape index (κ3) is 5.01. The monoisotopic (exact) mass is 456 g/mol. The van der Waals surface area contributed by atoms with Crippen molar-refractivity contribution in [1.29, 1.82) is 0 Å². The third-order valence-corrected chi connectivity index (χ3v) is 7.34. The lowest BCUT2D eigenvalue weighted by molar-refractivity contribution is 0.107. The molecule has 1 fully saturated rings. The van der Waals surface area contributed by atoms with Crippen molar-refractivity contribution < 1.29 is 0 Å². The highest BCUT2D eigenvalue weighted by Gasteiger charge is 2.26. The Morgan fingerprint density at radius 3 is 2.00 bits per heavy atom. The Hall–Kier alpha value is -2.60. The summed E-state index contributed by atoms with van der Waals surface area (Å²) in [7, 11) is 0. The first-order valence-electron chi connectivity index (χ1n) is 11.9. The fourth-order valence-electron chi connectivity index (χ4n) is 5.01. The van der Waals surface area contributed by atoms with Gasteiger partial charge in [-0.15, -0.1) is 0 Å². The second-order valence-electron chi connectivity index (χ2n) is 8.69. The summed E-state index contributed by atoms with van der Waals surface area (Å²) in [5.41, 5.74) is 5.12. The van der Waals surface area contributed by atoms with Crippen molar-refractivity contribution >= 4 is 22.8 Å². The lowest BCUT2D eigenvalue weighted by Crippen LogP contribution is -2.48. The van der Waals surface area contributed by atoms with E-state index in [1.54, 1.807) is 11.8 Å². The molecule has 0 saturated carbocycles. The van der Waals surface area contributed by atoms with Gasteiger partial charge in [0.1, 0.15) is 0 Å². The first-order valence-corrected chi connectivity index (χ1v) is 13.1. The number of hydrogen-bond donors (Lipinski definition) is 0. The number of aryl methyl sites for hydroxylation is 1. The first kappa shape index (κ1) is 22.2. The zero-order chi connectivity index (χ0) is 22.5. The van der Waals surface area contributed by atoms with Crippen LogP contribution in [0.1, 0.15) is 23.6 Å². The van der Waals surface area contributed by atoms with Crippen molar-refractivity contribution in [3.63, 3.8) is 0 Å². The molecular formula is C28H32N4S. The predicted octanol–water partition coefficient (Wildman–Crippen LogP) is 5.56. The predicted molar refractivity (Wildman–Crippen MR) is 139 cm³/mol. The number of thioether (sulfide) groups is 1. The smallest absolute Gasteiger partial charge is 0.168 e. The van der Waals surface area contributed by atoms with Crippen molar-refractivity contribution in [3.05, 3.63) is 96.1 Å². The summed E-state index contributed by atoms with van der Waals surface area (Å²) < 4.78 is 2.39. The Labute approximate surface area is 201 Å². The summed E-state index contributed by atoms with van der Waals surface area (Å²) in [6.07, 6.45) is 3.27. The van der Waals surface area contributed by atoms with Crippen molar-refractivity contribution in [2.75, 3.05) is 39.0 Å². The highest BCUT2D eigenvalue weighted by molar-refractivity contribution is 7.98. The van der Waals surface area contributed by atoms with Crippen molar-refractivity contribution in [1.82, 2.24) is 19.4 Å². The Bertz CT molecular complexity index is 1110. The summed E-state index contributed by atoms with van der Waals surface area (Å²) >= 11 is 1.74. The minimum Gasteiger partial charge on any atom is -0.319 e. The molecule has 0 amide bonds. The highest BCUT2D eigenvalue weighted by atomic mass is 32.2. The molecule has 0 spiro atoms. The van der Waals surface area contributed by atoms with Crippen LogP contribution in [0.5, 0.6) is 0 Å². The summed E-state index contributed by atoms with van der Waals surface area (Å²) in [5, 5.41) is 1.12. The Balaban J connectivity index is 1.20.